The zero-order valence-corrected chi connectivity index (χ0v) is 14.1. The van der Waals surface area contributed by atoms with Gasteiger partial charge in [-0.25, -0.2) is 15.0 Å². The first kappa shape index (κ1) is 17.0. The first-order valence-electron chi connectivity index (χ1n) is 7.98. The van der Waals surface area contributed by atoms with Crippen LogP contribution in [0.3, 0.4) is 0 Å². The van der Waals surface area contributed by atoms with Crippen LogP contribution in [0.15, 0.2) is 55.0 Å². The van der Waals surface area contributed by atoms with E-state index in [1.165, 1.54) is 0 Å². The molecule has 0 aliphatic heterocycles. The highest BCUT2D eigenvalue weighted by Crippen LogP contribution is 2.32. The molecule has 1 N–H and O–H groups in total. The number of imidazole rings is 1. The van der Waals surface area contributed by atoms with Crippen molar-refractivity contribution in [1.82, 2.24) is 24.5 Å². The quantitative estimate of drug-likeness (QED) is 0.592. The van der Waals surface area contributed by atoms with Crippen LogP contribution in [0.2, 0.25) is 0 Å². The Morgan fingerprint density at radius 2 is 1.85 bits per heavy atom. The van der Waals surface area contributed by atoms with Gasteiger partial charge in [-0.2, -0.15) is 13.2 Å². The second-order valence-corrected chi connectivity index (χ2v) is 5.70. The Balaban J connectivity index is 1.98. The molecule has 0 saturated heterocycles. The molecule has 0 amide bonds. The van der Waals surface area contributed by atoms with E-state index in [1.807, 2.05) is 0 Å². The highest BCUT2D eigenvalue weighted by molar-refractivity contribution is 5.79. The van der Waals surface area contributed by atoms with Crippen LogP contribution in [0, 0.1) is 0 Å². The molecule has 0 aromatic carbocycles. The summed E-state index contributed by atoms with van der Waals surface area (Å²) in [6.07, 6.45) is -0.501. The molecule has 0 atom stereocenters. The second kappa shape index (κ2) is 6.35. The van der Waals surface area contributed by atoms with Gasteiger partial charge in [0.25, 0.3) is 0 Å². The lowest BCUT2D eigenvalue weighted by Crippen LogP contribution is -2.06. The van der Waals surface area contributed by atoms with E-state index in [0.29, 0.717) is 28.7 Å². The van der Waals surface area contributed by atoms with E-state index in [9.17, 15) is 13.2 Å². The van der Waals surface area contributed by atoms with Crippen molar-refractivity contribution in [2.24, 2.45) is 0 Å². The molecule has 4 aromatic heterocycles. The summed E-state index contributed by atoms with van der Waals surface area (Å²) in [4.78, 5) is 16.9. The third-order valence-electron chi connectivity index (χ3n) is 3.98. The summed E-state index contributed by atoms with van der Waals surface area (Å²) in [5, 5.41) is 2.92. The first-order chi connectivity index (χ1) is 13.0. The van der Waals surface area contributed by atoms with Crippen LogP contribution in [0.5, 0.6) is 0 Å². The minimum atomic E-state index is -4.49. The van der Waals surface area contributed by atoms with Gasteiger partial charge in [0.2, 0.25) is 0 Å². The summed E-state index contributed by atoms with van der Waals surface area (Å²) < 4.78 is 40.8. The van der Waals surface area contributed by atoms with Crippen LogP contribution in [-0.4, -0.2) is 31.6 Å². The molecule has 0 bridgehead atoms. The second-order valence-electron chi connectivity index (χ2n) is 5.70. The summed E-state index contributed by atoms with van der Waals surface area (Å²) in [6.45, 7) is 0. The van der Waals surface area contributed by atoms with Crippen molar-refractivity contribution in [2.75, 3.05) is 12.4 Å². The van der Waals surface area contributed by atoms with E-state index in [2.05, 4.69) is 25.3 Å². The number of nitrogens with one attached hydrogen (secondary N) is 1. The fourth-order valence-electron chi connectivity index (χ4n) is 2.70. The zero-order chi connectivity index (χ0) is 19.0. The average molecular weight is 370 g/mol. The predicted molar refractivity (Wildman–Crippen MR) is 94.4 cm³/mol. The third kappa shape index (κ3) is 3.07. The predicted octanol–water partition coefficient (Wildman–Crippen LogP) is 3.94. The van der Waals surface area contributed by atoms with Crippen molar-refractivity contribution in [1.29, 1.82) is 0 Å². The van der Waals surface area contributed by atoms with Gasteiger partial charge >= 0.3 is 6.18 Å². The molecule has 0 unspecified atom stereocenters. The van der Waals surface area contributed by atoms with Gasteiger partial charge in [-0.05, 0) is 30.3 Å². The summed E-state index contributed by atoms with van der Waals surface area (Å²) in [6, 6.07) is 9.79. The number of rotatable bonds is 3. The Labute approximate surface area is 151 Å². The molecule has 6 nitrogen and oxygen atoms in total. The Morgan fingerprint density at radius 1 is 1.00 bits per heavy atom. The lowest BCUT2D eigenvalue weighted by atomic mass is 10.2. The topological polar surface area (TPSA) is 68.5 Å². The van der Waals surface area contributed by atoms with E-state index in [0.717, 1.165) is 12.3 Å². The summed E-state index contributed by atoms with van der Waals surface area (Å²) in [7, 11) is 1.74. The smallest absolute Gasteiger partial charge is 0.373 e. The Kier molecular flexibility index (Phi) is 3.98. The van der Waals surface area contributed by atoms with Crippen molar-refractivity contribution >= 4 is 17.0 Å². The van der Waals surface area contributed by atoms with Gasteiger partial charge in [-0.3, -0.25) is 9.55 Å². The number of anilines is 1. The van der Waals surface area contributed by atoms with Crippen molar-refractivity contribution < 1.29 is 13.2 Å². The number of halogens is 3. The van der Waals surface area contributed by atoms with E-state index in [4.69, 9.17) is 0 Å². The number of fused-ring (bicyclic) bond motifs is 1. The van der Waals surface area contributed by atoms with Crippen molar-refractivity contribution in [3.05, 3.63) is 60.6 Å². The van der Waals surface area contributed by atoms with Crippen molar-refractivity contribution in [2.45, 2.75) is 6.18 Å². The summed E-state index contributed by atoms with van der Waals surface area (Å²) in [5.41, 5.74) is 0.702. The monoisotopic (exact) mass is 370 g/mol. The standard InChI is InChI=1S/C18H13F3N6/c1-22-15-6-5-12(10-24-15)27-16-14(8-11(9-25-16)18(19,20)21)26-17(27)13-4-2-3-7-23-13/h2-10H,1H3,(H,22,24). The largest absolute Gasteiger partial charge is 0.417 e. The van der Waals surface area contributed by atoms with Crippen LogP contribution in [0.1, 0.15) is 5.56 Å². The molecule has 0 saturated carbocycles. The first-order valence-corrected chi connectivity index (χ1v) is 7.98. The molecule has 0 radical (unpaired) electrons. The highest BCUT2D eigenvalue weighted by Gasteiger charge is 2.32. The average Bonchev–Trinajstić information content (AvgIpc) is 3.07. The van der Waals surface area contributed by atoms with Crippen LogP contribution >= 0.6 is 0 Å². The molecule has 0 aliphatic carbocycles. The summed E-state index contributed by atoms with van der Waals surface area (Å²) >= 11 is 0. The molecule has 0 fully saturated rings. The van der Waals surface area contributed by atoms with Gasteiger partial charge < -0.3 is 5.32 Å². The van der Waals surface area contributed by atoms with Gasteiger partial charge in [-0.15, -0.1) is 0 Å². The van der Waals surface area contributed by atoms with E-state index >= 15 is 0 Å². The van der Waals surface area contributed by atoms with E-state index in [1.54, 1.807) is 54.3 Å². The van der Waals surface area contributed by atoms with Crippen LogP contribution in [0.25, 0.3) is 28.4 Å². The molecule has 27 heavy (non-hydrogen) atoms. The van der Waals surface area contributed by atoms with Gasteiger partial charge in [0.1, 0.15) is 17.0 Å². The van der Waals surface area contributed by atoms with Crippen molar-refractivity contribution in [3.8, 4) is 17.2 Å². The highest BCUT2D eigenvalue weighted by atomic mass is 19.4. The van der Waals surface area contributed by atoms with Gasteiger partial charge in [-0.1, -0.05) is 6.07 Å². The molecule has 4 rings (SSSR count). The maximum atomic E-state index is 13.0. The molecule has 0 aliphatic rings. The lowest BCUT2D eigenvalue weighted by Gasteiger charge is -2.09. The normalized spacial score (nSPS) is 11.7. The van der Waals surface area contributed by atoms with Gasteiger partial charge in [0.05, 0.1) is 17.4 Å². The minimum Gasteiger partial charge on any atom is -0.373 e. The Morgan fingerprint density at radius 3 is 2.48 bits per heavy atom. The van der Waals surface area contributed by atoms with Gasteiger partial charge in [0.15, 0.2) is 11.5 Å². The molecular formula is C18H13F3N6. The Hall–Kier alpha value is -3.49. The number of aromatic nitrogens is 5. The molecule has 4 heterocycles. The van der Waals surface area contributed by atoms with Gasteiger partial charge in [0, 0.05) is 19.4 Å². The lowest BCUT2D eigenvalue weighted by molar-refractivity contribution is -0.137. The number of alkyl halides is 3. The Bertz CT molecular complexity index is 1090. The SMILES string of the molecule is CNc1ccc(-n2c(-c3ccccn3)nc3cc(C(F)(F)F)cnc32)cn1. The minimum absolute atomic E-state index is 0.128. The molecule has 9 heteroatoms. The van der Waals surface area contributed by atoms with E-state index < -0.39 is 11.7 Å². The number of pyridine rings is 3. The molecule has 136 valence electrons. The molecule has 0 spiro atoms. The molecule has 4 aromatic rings. The number of hydrogen-bond donors (Lipinski definition) is 1. The van der Waals surface area contributed by atoms with Crippen LogP contribution in [-0.2, 0) is 6.18 Å². The molecular weight excluding hydrogens is 357 g/mol. The fraction of sp³-hybridized carbons (Fsp3) is 0.111. The van der Waals surface area contributed by atoms with Crippen LogP contribution in [0.4, 0.5) is 19.0 Å². The zero-order valence-electron chi connectivity index (χ0n) is 14.1. The maximum Gasteiger partial charge on any atom is 0.417 e. The third-order valence-corrected chi connectivity index (χ3v) is 3.98. The summed E-state index contributed by atoms with van der Waals surface area (Å²) in [5.74, 6) is 1.05. The number of hydrogen-bond acceptors (Lipinski definition) is 5. The maximum absolute atomic E-state index is 13.0. The number of nitrogens with zero attached hydrogens (tertiary/aromatic N) is 5. The fourth-order valence-corrected chi connectivity index (χ4v) is 2.70. The van der Waals surface area contributed by atoms with Crippen molar-refractivity contribution in [3.63, 3.8) is 0 Å². The van der Waals surface area contributed by atoms with E-state index in [-0.39, 0.29) is 5.52 Å². The van der Waals surface area contributed by atoms with Crippen LogP contribution < -0.4 is 5.32 Å².